The zero-order chi connectivity index (χ0) is 19.7. The van der Waals surface area contributed by atoms with Crippen molar-refractivity contribution < 1.29 is 13.2 Å². The molecule has 27 heavy (non-hydrogen) atoms. The fraction of sp³-hybridized carbons (Fsp3) is 0.286. The molecule has 6 heteroatoms. The van der Waals surface area contributed by atoms with Gasteiger partial charge in [-0.3, -0.25) is 4.79 Å². The van der Waals surface area contributed by atoms with E-state index in [0.717, 1.165) is 29.9 Å². The molecule has 0 radical (unpaired) electrons. The van der Waals surface area contributed by atoms with Crippen LogP contribution in [0.5, 0.6) is 0 Å². The lowest BCUT2D eigenvalue weighted by atomic mass is 9.78. The Morgan fingerprint density at radius 3 is 2.52 bits per heavy atom. The van der Waals surface area contributed by atoms with Crippen LogP contribution in [0.1, 0.15) is 31.4 Å². The molecule has 1 aliphatic heterocycles. The lowest BCUT2D eigenvalue weighted by molar-refractivity contribution is -0.111. The fourth-order valence-corrected chi connectivity index (χ4v) is 3.82. The van der Waals surface area contributed by atoms with Crippen LogP contribution < -0.4 is 10.6 Å². The fourth-order valence-electron chi connectivity index (χ4n) is 3.18. The minimum absolute atomic E-state index is 0.126. The number of carbonyl (C=O) groups is 1. The SMILES string of the molecule is CC1(C)CCNc2cc(NC(=O)C=Cc3ccc(S(C)(=O)=O)cc3)ccc21. The maximum atomic E-state index is 12.2. The van der Waals surface area contributed by atoms with E-state index in [4.69, 9.17) is 0 Å². The number of carbonyl (C=O) groups excluding carboxylic acids is 1. The molecule has 0 fully saturated rings. The second kappa shape index (κ2) is 7.19. The molecule has 0 aliphatic carbocycles. The summed E-state index contributed by atoms with van der Waals surface area (Å²) < 4.78 is 22.9. The molecule has 0 spiro atoms. The summed E-state index contributed by atoms with van der Waals surface area (Å²) in [5, 5.41) is 6.25. The standard InChI is InChI=1S/C21H24N2O3S/c1-21(2)12-13-22-19-14-16(7-10-18(19)21)23-20(24)11-6-15-4-8-17(9-5-15)27(3,25)26/h4-11,14,22H,12-13H2,1-3H3,(H,23,24). The molecule has 0 unspecified atom stereocenters. The van der Waals surface area contributed by atoms with Gasteiger partial charge in [0.15, 0.2) is 9.84 Å². The molecule has 1 amide bonds. The summed E-state index contributed by atoms with van der Waals surface area (Å²) in [6.45, 7) is 5.37. The predicted octanol–water partition coefficient (Wildman–Crippen LogP) is 3.84. The second-order valence-corrected chi connectivity index (χ2v) is 9.50. The van der Waals surface area contributed by atoms with Crippen molar-refractivity contribution in [2.75, 3.05) is 23.4 Å². The molecule has 3 rings (SSSR count). The van der Waals surface area contributed by atoms with Crippen molar-refractivity contribution in [3.63, 3.8) is 0 Å². The minimum atomic E-state index is -3.22. The van der Waals surface area contributed by atoms with E-state index in [-0.39, 0.29) is 16.2 Å². The van der Waals surface area contributed by atoms with Crippen LogP contribution in [0.15, 0.2) is 53.4 Å². The van der Waals surface area contributed by atoms with Crippen LogP contribution in [0, 0.1) is 0 Å². The highest BCUT2D eigenvalue weighted by molar-refractivity contribution is 7.90. The summed E-state index contributed by atoms with van der Waals surface area (Å²) in [5.74, 6) is -0.239. The quantitative estimate of drug-likeness (QED) is 0.786. The highest BCUT2D eigenvalue weighted by atomic mass is 32.2. The first-order valence-corrected chi connectivity index (χ1v) is 10.7. The Bertz CT molecular complexity index is 991. The van der Waals surface area contributed by atoms with E-state index in [2.05, 4.69) is 30.5 Å². The Labute approximate surface area is 160 Å². The molecule has 0 bridgehead atoms. The normalized spacial score (nSPS) is 15.8. The Morgan fingerprint density at radius 1 is 1.15 bits per heavy atom. The summed E-state index contributed by atoms with van der Waals surface area (Å²) in [7, 11) is -3.22. The molecule has 2 N–H and O–H groups in total. The predicted molar refractivity (Wildman–Crippen MR) is 110 cm³/mol. The minimum Gasteiger partial charge on any atom is -0.385 e. The zero-order valence-corrected chi connectivity index (χ0v) is 16.6. The van der Waals surface area contributed by atoms with Gasteiger partial charge >= 0.3 is 0 Å². The monoisotopic (exact) mass is 384 g/mol. The summed E-state index contributed by atoms with van der Waals surface area (Å²) in [6, 6.07) is 12.3. The van der Waals surface area contributed by atoms with E-state index in [1.54, 1.807) is 18.2 Å². The van der Waals surface area contributed by atoms with Crippen LogP contribution in [-0.2, 0) is 20.0 Å². The van der Waals surface area contributed by atoms with E-state index < -0.39 is 9.84 Å². The van der Waals surface area contributed by atoms with E-state index in [1.807, 2.05) is 12.1 Å². The lowest BCUT2D eigenvalue weighted by Gasteiger charge is -2.33. The average Bonchev–Trinajstić information content (AvgIpc) is 2.59. The van der Waals surface area contributed by atoms with Gasteiger partial charge in [-0.05, 0) is 53.3 Å². The average molecular weight is 385 g/mol. The molecule has 0 aromatic heterocycles. The van der Waals surface area contributed by atoms with Crippen molar-refractivity contribution in [1.82, 2.24) is 0 Å². The molecule has 2 aromatic carbocycles. The van der Waals surface area contributed by atoms with E-state index in [1.165, 1.54) is 30.0 Å². The van der Waals surface area contributed by atoms with E-state index in [9.17, 15) is 13.2 Å². The molecule has 0 saturated carbocycles. The number of sulfone groups is 1. The van der Waals surface area contributed by atoms with Crippen molar-refractivity contribution in [2.24, 2.45) is 0 Å². The van der Waals surface area contributed by atoms with Gasteiger partial charge in [0.25, 0.3) is 0 Å². The van der Waals surface area contributed by atoms with Crippen molar-refractivity contribution >= 4 is 33.2 Å². The molecule has 0 saturated heterocycles. The number of nitrogens with one attached hydrogen (secondary N) is 2. The largest absolute Gasteiger partial charge is 0.385 e. The van der Waals surface area contributed by atoms with Crippen LogP contribution in [0.2, 0.25) is 0 Å². The zero-order valence-electron chi connectivity index (χ0n) is 15.7. The Kier molecular flexibility index (Phi) is 5.11. The van der Waals surface area contributed by atoms with Crippen LogP contribution >= 0.6 is 0 Å². The molecule has 5 nitrogen and oxygen atoms in total. The maximum absolute atomic E-state index is 12.2. The van der Waals surface area contributed by atoms with E-state index >= 15 is 0 Å². The highest BCUT2D eigenvalue weighted by Crippen LogP contribution is 2.37. The van der Waals surface area contributed by atoms with Gasteiger partial charge in [0, 0.05) is 30.3 Å². The summed E-state index contributed by atoms with van der Waals surface area (Å²) >= 11 is 0. The number of amides is 1. The maximum Gasteiger partial charge on any atom is 0.248 e. The van der Waals surface area contributed by atoms with Gasteiger partial charge in [-0.25, -0.2) is 8.42 Å². The van der Waals surface area contributed by atoms with Gasteiger partial charge in [-0.1, -0.05) is 32.0 Å². The molecular weight excluding hydrogens is 360 g/mol. The topological polar surface area (TPSA) is 75.3 Å². The first-order chi connectivity index (χ1) is 12.6. The van der Waals surface area contributed by atoms with Crippen LogP contribution in [0.4, 0.5) is 11.4 Å². The third-order valence-electron chi connectivity index (χ3n) is 4.82. The number of rotatable bonds is 4. The third-order valence-corrected chi connectivity index (χ3v) is 5.95. The van der Waals surface area contributed by atoms with Crippen LogP contribution in [-0.4, -0.2) is 27.1 Å². The number of fused-ring (bicyclic) bond motifs is 1. The molecule has 0 atom stereocenters. The first-order valence-electron chi connectivity index (χ1n) is 8.83. The third kappa shape index (κ3) is 4.57. The molecule has 1 aliphatic rings. The number of hydrogen-bond acceptors (Lipinski definition) is 4. The lowest BCUT2D eigenvalue weighted by Crippen LogP contribution is -2.28. The van der Waals surface area contributed by atoms with Crippen LogP contribution in [0.25, 0.3) is 6.08 Å². The number of anilines is 2. The smallest absolute Gasteiger partial charge is 0.248 e. The number of benzene rings is 2. The molecule has 142 valence electrons. The summed E-state index contributed by atoms with van der Waals surface area (Å²) in [6.07, 6.45) is 5.33. The Balaban J connectivity index is 1.68. The number of hydrogen-bond donors (Lipinski definition) is 2. The van der Waals surface area contributed by atoms with Gasteiger partial charge in [-0.2, -0.15) is 0 Å². The van der Waals surface area contributed by atoms with Gasteiger partial charge in [0.2, 0.25) is 5.91 Å². The molecule has 1 heterocycles. The molecule has 2 aromatic rings. The summed E-state index contributed by atoms with van der Waals surface area (Å²) in [4.78, 5) is 12.5. The van der Waals surface area contributed by atoms with Crippen molar-refractivity contribution in [3.05, 3.63) is 59.7 Å². The van der Waals surface area contributed by atoms with Gasteiger partial charge in [-0.15, -0.1) is 0 Å². The van der Waals surface area contributed by atoms with Gasteiger partial charge in [0.05, 0.1) is 4.90 Å². The second-order valence-electron chi connectivity index (χ2n) is 7.48. The van der Waals surface area contributed by atoms with Crippen molar-refractivity contribution in [3.8, 4) is 0 Å². The van der Waals surface area contributed by atoms with Gasteiger partial charge in [0.1, 0.15) is 0 Å². The van der Waals surface area contributed by atoms with Crippen molar-refractivity contribution in [2.45, 2.75) is 30.6 Å². The Hall–Kier alpha value is -2.60. The Morgan fingerprint density at radius 2 is 1.85 bits per heavy atom. The van der Waals surface area contributed by atoms with E-state index in [0.29, 0.717) is 0 Å². The summed E-state index contributed by atoms with van der Waals surface area (Å²) in [5.41, 5.74) is 3.94. The van der Waals surface area contributed by atoms with Crippen LogP contribution in [0.3, 0.4) is 0 Å². The first kappa shape index (κ1) is 19.2. The highest BCUT2D eigenvalue weighted by Gasteiger charge is 2.27. The molecular formula is C21H24N2O3S. The van der Waals surface area contributed by atoms with Gasteiger partial charge < -0.3 is 10.6 Å². The van der Waals surface area contributed by atoms with Crippen molar-refractivity contribution in [1.29, 1.82) is 0 Å².